The Kier molecular flexibility index (Phi) is 5.28. The number of hydrogen-bond donors (Lipinski definition) is 1. The van der Waals surface area contributed by atoms with Gasteiger partial charge >= 0.3 is 0 Å². The smallest absolute Gasteiger partial charge is 0.238 e. The Morgan fingerprint density at radius 3 is 2.84 bits per heavy atom. The zero-order valence-electron chi connectivity index (χ0n) is 14.2. The number of carbonyl (C=O) groups excluding carboxylic acids is 2. The van der Waals surface area contributed by atoms with E-state index in [0.29, 0.717) is 6.54 Å². The normalized spacial score (nSPS) is 15.9. The van der Waals surface area contributed by atoms with Gasteiger partial charge in [0.15, 0.2) is 0 Å². The number of nitrogens with zero attached hydrogens (tertiary/aromatic N) is 1. The van der Waals surface area contributed by atoms with Crippen LogP contribution >= 0.6 is 11.8 Å². The molecule has 1 atom stereocenters. The van der Waals surface area contributed by atoms with Crippen molar-refractivity contribution in [2.24, 2.45) is 0 Å². The van der Waals surface area contributed by atoms with Gasteiger partial charge in [0.2, 0.25) is 11.8 Å². The second-order valence-electron chi connectivity index (χ2n) is 5.90. The number of carbonyl (C=O) groups is 2. The summed E-state index contributed by atoms with van der Waals surface area (Å²) < 4.78 is 5.21. The van der Waals surface area contributed by atoms with E-state index in [2.05, 4.69) is 5.32 Å². The molecule has 3 rings (SSSR count). The first kappa shape index (κ1) is 17.4. The third kappa shape index (κ3) is 4.14. The van der Waals surface area contributed by atoms with Crippen molar-refractivity contribution in [1.82, 2.24) is 4.90 Å². The maximum atomic E-state index is 12.5. The maximum Gasteiger partial charge on any atom is 0.238 e. The van der Waals surface area contributed by atoms with E-state index in [-0.39, 0.29) is 18.2 Å². The number of ether oxygens (including phenoxy) is 1. The van der Waals surface area contributed by atoms with Crippen LogP contribution in [0, 0.1) is 0 Å². The van der Waals surface area contributed by atoms with Crippen molar-refractivity contribution < 1.29 is 14.3 Å². The van der Waals surface area contributed by atoms with E-state index in [4.69, 9.17) is 4.74 Å². The van der Waals surface area contributed by atoms with Gasteiger partial charge in [0, 0.05) is 24.9 Å². The van der Waals surface area contributed by atoms with Gasteiger partial charge in [-0.05, 0) is 29.8 Å². The van der Waals surface area contributed by atoms with Crippen molar-refractivity contribution >= 4 is 29.3 Å². The predicted octanol–water partition coefficient (Wildman–Crippen LogP) is 3.16. The number of amides is 2. The molecule has 0 bridgehead atoms. The number of hydrogen-bond acceptors (Lipinski definition) is 4. The predicted molar refractivity (Wildman–Crippen MR) is 98.8 cm³/mol. The number of para-hydroxylation sites is 1. The Labute approximate surface area is 151 Å². The fourth-order valence-electron chi connectivity index (χ4n) is 2.67. The lowest BCUT2D eigenvalue weighted by Crippen LogP contribution is -2.35. The topological polar surface area (TPSA) is 58.6 Å². The van der Waals surface area contributed by atoms with E-state index < -0.39 is 5.25 Å². The molecule has 0 fully saturated rings. The first-order valence-corrected chi connectivity index (χ1v) is 8.88. The summed E-state index contributed by atoms with van der Waals surface area (Å²) in [7, 11) is 3.37. The Balaban J connectivity index is 1.62. The number of rotatable bonds is 5. The summed E-state index contributed by atoms with van der Waals surface area (Å²) in [6.07, 6.45) is 0.172. The van der Waals surface area contributed by atoms with E-state index >= 15 is 0 Å². The highest BCUT2D eigenvalue weighted by Crippen LogP contribution is 2.36. The van der Waals surface area contributed by atoms with Gasteiger partial charge in [0.25, 0.3) is 0 Å². The molecule has 130 valence electrons. The molecule has 1 N–H and O–H groups in total. The molecule has 0 aromatic heterocycles. The van der Waals surface area contributed by atoms with Gasteiger partial charge in [-0.2, -0.15) is 0 Å². The zero-order valence-corrected chi connectivity index (χ0v) is 15.0. The van der Waals surface area contributed by atoms with Gasteiger partial charge in [-0.1, -0.05) is 24.3 Å². The van der Waals surface area contributed by atoms with Crippen LogP contribution in [0.1, 0.15) is 12.0 Å². The Hall–Kier alpha value is -2.47. The highest BCUT2D eigenvalue weighted by molar-refractivity contribution is 8.01. The molecule has 0 radical (unpaired) electrons. The summed E-state index contributed by atoms with van der Waals surface area (Å²) in [4.78, 5) is 27.4. The Bertz CT molecular complexity index is 794. The van der Waals surface area contributed by atoms with Crippen LogP contribution < -0.4 is 10.1 Å². The van der Waals surface area contributed by atoms with Crippen molar-refractivity contribution in [1.29, 1.82) is 0 Å². The van der Waals surface area contributed by atoms with Crippen LogP contribution in [0.4, 0.5) is 5.69 Å². The van der Waals surface area contributed by atoms with Gasteiger partial charge < -0.3 is 15.0 Å². The molecular formula is C19H20N2O3S. The van der Waals surface area contributed by atoms with Gasteiger partial charge in [-0.25, -0.2) is 0 Å². The average Bonchev–Trinajstić information content (AvgIpc) is 2.62. The van der Waals surface area contributed by atoms with Crippen molar-refractivity contribution in [2.75, 3.05) is 19.5 Å². The largest absolute Gasteiger partial charge is 0.497 e. The average molecular weight is 356 g/mol. The van der Waals surface area contributed by atoms with E-state index in [1.807, 2.05) is 48.5 Å². The molecule has 0 aliphatic carbocycles. The highest BCUT2D eigenvalue weighted by atomic mass is 32.2. The molecule has 0 saturated heterocycles. The van der Waals surface area contributed by atoms with Crippen LogP contribution in [-0.2, 0) is 16.1 Å². The summed E-state index contributed by atoms with van der Waals surface area (Å²) >= 11 is 1.44. The summed E-state index contributed by atoms with van der Waals surface area (Å²) in [5.74, 6) is 0.582. The summed E-state index contributed by atoms with van der Waals surface area (Å²) in [5.41, 5.74) is 1.80. The number of thioether (sulfide) groups is 1. The second-order valence-corrected chi connectivity index (χ2v) is 7.14. The van der Waals surface area contributed by atoms with E-state index in [1.54, 1.807) is 19.1 Å². The van der Waals surface area contributed by atoms with Crippen LogP contribution in [-0.4, -0.2) is 36.1 Å². The van der Waals surface area contributed by atoms with Crippen molar-refractivity contribution in [3.05, 3.63) is 54.1 Å². The zero-order chi connectivity index (χ0) is 17.8. The quantitative estimate of drug-likeness (QED) is 0.894. The van der Waals surface area contributed by atoms with Gasteiger partial charge in [0.1, 0.15) is 5.75 Å². The van der Waals surface area contributed by atoms with E-state index in [9.17, 15) is 9.59 Å². The van der Waals surface area contributed by atoms with E-state index in [1.165, 1.54) is 11.8 Å². The minimum atomic E-state index is -0.407. The van der Waals surface area contributed by atoms with E-state index in [0.717, 1.165) is 21.9 Å². The Morgan fingerprint density at radius 2 is 2.04 bits per heavy atom. The number of anilines is 1. The lowest BCUT2D eigenvalue weighted by Gasteiger charge is -2.25. The minimum absolute atomic E-state index is 0.0603. The fourth-order valence-corrected chi connectivity index (χ4v) is 3.78. The molecule has 6 heteroatoms. The molecule has 5 nitrogen and oxygen atoms in total. The summed E-state index contributed by atoms with van der Waals surface area (Å²) in [5, 5.41) is 2.46. The molecule has 1 aliphatic rings. The standard InChI is InChI=1S/C19H20N2O3S/c1-21(12-13-6-5-7-14(10-13)24-2)18(22)11-17-19(23)20-15-8-3-4-9-16(15)25-17/h3-10,17H,11-12H2,1-2H3,(H,20,23)/t17-/m0/s1. The van der Waals surface area contributed by atoms with Gasteiger partial charge in [-0.3, -0.25) is 9.59 Å². The summed E-state index contributed by atoms with van der Waals surface area (Å²) in [6, 6.07) is 15.3. The lowest BCUT2D eigenvalue weighted by atomic mass is 10.2. The van der Waals surface area contributed by atoms with Crippen molar-refractivity contribution in [3.8, 4) is 5.75 Å². The SMILES string of the molecule is COc1cccc(CN(C)C(=O)C[C@@H]2Sc3ccccc3NC2=O)c1. The third-order valence-electron chi connectivity index (χ3n) is 4.05. The molecule has 1 heterocycles. The van der Waals surface area contributed by atoms with Crippen LogP contribution in [0.25, 0.3) is 0 Å². The Morgan fingerprint density at radius 1 is 1.24 bits per heavy atom. The number of fused-ring (bicyclic) bond motifs is 1. The fraction of sp³-hybridized carbons (Fsp3) is 0.263. The van der Waals surface area contributed by atoms with Crippen LogP contribution in [0.15, 0.2) is 53.4 Å². The molecular weight excluding hydrogens is 336 g/mol. The van der Waals surface area contributed by atoms with Gasteiger partial charge in [-0.15, -0.1) is 11.8 Å². The summed E-state index contributed by atoms with van der Waals surface area (Å²) in [6.45, 7) is 0.478. The van der Waals surface area contributed by atoms with Crippen molar-refractivity contribution in [2.45, 2.75) is 23.1 Å². The van der Waals surface area contributed by atoms with Crippen LogP contribution in [0.3, 0.4) is 0 Å². The lowest BCUT2D eigenvalue weighted by molar-refractivity contribution is -0.131. The molecule has 0 spiro atoms. The highest BCUT2D eigenvalue weighted by Gasteiger charge is 2.29. The molecule has 2 amide bonds. The molecule has 0 saturated carbocycles. The monoisotopic (exact) mass is 356 g/mol. The number of nitrogens with one attached hydrogen (secondary N) is 1. The van der Waals surface area contributed by atoms with Crippen LogP contribution in [0.5, 0.6) is 5.75 Å². The maximum absolute atomic E-state index is 12.5. The second kappa shape index (κ2) is 7.61. The molecule has 2 aromatic rings. The molecule has 25 heavy (non-hydrogen) atoms. The number of benzene rings is 2. The first-order valence-electron chi connectivity index (χ1n) is 8.00. The molecule has 1 aliphatic heterocycles. The number of methoxy groups -OCH3 is 1. The van der Waals surface area contributed by atoms with Crippen LogP contribution in [0.2, 0.25) is 0 Å². The molecule has 2 aromatic carbocycles. The van der Waals surface area contributed by atoms with Crippen molar-refractivity contribution in [3.63, 3.8) is 0 Å². The first-order chi connectivity index (χ1) is 12.1. The third-order valence-corrected chi connectivity index (χ3v) is 5.32. The molecule has 0 unspecified atom stereocenters. The van der Waals surface area contributed by atoms with Gasteiger partial charge in [0.05, 0.1) is 18.0 Å². The minimum Gasteiger partial charge on any atom is -0.497 e.